The van der Waals surface area contributed by atoms with Crippen molar-refractivity contribution in [1.82, 2.24) is 4.90 Å². The van der Waals surface area contributed by atoms with Gasteiger partial charge in [-0.25, -0.2) is 0 Å². The lowest BCUT2D eigenvalue weighted by Gasteiger charge is -2.23. The zero-order valence-corrected chi connectivity index (χ0v) is 16.4. The smallest absolute Gasteiger partial charge is 0.306 e. The van der Waals surface area contributed by atoms with Crippen LogP contribution < -0.4 is 8.92 Å². The Balaban J connectivity index is 2.14. The summed E-state index contributed by atoms with van der Waals surface area (Å²) >= 11 is 0. The summed E-state index contributed by atoms with van der Waals surface area (Å²) < 4.78 is 37.4. The molecule has 2 aromatic rings. The molecule has 27 heavy (non-hydrogen) atoms. The molecule has 2 aromatic carbocycles. The van der Waals surface area contributed by atoms with Gasteiger partial charge in [-0.15, -0.1) is 0 Å². The third-order valence-electron chi connectivity index (χ3n) is 3.73. The lowest BCUT2D eigenvalue weighted by molar-refractivity contribution is 0.0680. The molecule has 0 aromatic heterocycles. The van der Waals surface area contributed by atoms with Crippen molar-refractivity contribution in [3.63, 3.8) is 0 Å². The van der Waals surface area contributed by atoms with Crippen molar-refractivity contribution < 1.29 is 26.9 Å². The number of nitrogens with zero attached hydrogens (tertiary/aromatic N) is 1. The Hall–Kier alpha value is -2.58. The number of amides is 1. The fourth-order valence-electron chi connectivity index (χ4n) is 2.42. The van der Waals surface area contributed by atoms with E-state index in [-0.39, 0.29) is 11.7 Å². The second-order valence-electron chi connectivity index (χ2n) is 5.88. The van der Waals surface area contributed by atoms with Crippen molar-refractivity contribution in [2.75, 3.05) is 33.6 Å². The average Bonchev–Trinajstić information content (AvgIpc) is 2.65. The van der Waals surface area contributed by atoms with E-state index in [9.17, 15) is 13.2 Å². The summed E-state index contributed by atoms with van der Waals surface area (Å²) in [5.41, 5.74) is 1.39. The molecular formula is C19H23NO6S. The van der Waals surface area contributed by atoms with E-state index in [1.54, 1.807) is 67.7 Å². The van der Waals surface area contributed by atoms with Crippen LogP contribution in [0.3, 0.4) is 0 Å². The molecule has 7 nitrogen and oxygen atoms in total. The SMILES string of the molecule is COCCN(Cc1ccc(OS(C)(=O)=O)cc1)C(=O)c1ccc(OC)cc1. The summed E-state index contributed by atoms with van der Waals surface area (Å²) in [6, 6.07) is 13.5. The van der Waals surface area contributed by atoms with E-state index in [1.807, 2.05) is 0 Å². The normalized spacial score (nSPS) is 11.1. The number of hydrogen-bond donors (Lipinski definition) is 0. The third-order valence-corrected chi connectivity index (χ3v) is 4.23. The molecule has 0 fully saturated rings. The molecule has 0 aliphatic heterocycles. The molecule has 0 saturated carbocycles. The Morgan fingerprint density at radius 3 is 2.07 bits per heavy atom. The molecule has 0 N–H and O–H groups in total. The highest BCUT2D eigenvalue weighted by Gasteiger charge is 2.16. The van der Waals surface area contributed by atoms with Gasteiger partial charge in [0, 0.05) is 25.8 Å². The number of hydrogen-bond acceptors (Lipinski definition) is 6. The molecule has 8 heteroatoms. The maximum absolute atomic E-state index is 12.8. The fraction of sp³-hybridized carbons (Fsp3) is 0.316. The molecular weight excluding hydrogens is 370 g/mol. The molecule has 2 rings (SSSR count). The molecule has 0 radical (unpaired) electrons. The van der Waals surface area contributed by atoms with E-state index in [0.29, 0.717) is 31.0 Å². The van der Waals surface area contributed by atoms with Crippen molar-refractivity contribution in [2.24, 2.45) is 0 Å². The lowest BCUT2D eigenvalue weighted by Crippen LogP contribution is -2.33. The first-order chi connectivity index (χ1) is 12.8. The predicted molar refractivity (Wildman–Crippen MR) is 102 cm³/mol. The van der Waals surface area contributed by atoms with E-state index in [4.69, 9.17) is 13.7 Å². The minimum absolute atomic E-state index is 0.133. The van der Waals surface area contributed by atoms with Crippen LogP contribution in [0, 0.1) is 0 Å². The summed E-state index contributed by atoms with van der Waals surface area (Å²) in [4.78, 5) is 14.5. The molecule has 0 bridgehead atoms. The van der Waals surface area contributed by atoms with E-state index in [1.165, 1.54) is 0 Å². The molecule has 0 atom stereocenters. The Kier molecular flexibility index (Phi) is 7.20. The molecule has 0 aliphatic rings. The summed E-state index contributed by atoms with van der Waals surface area (Å²) in [7, 11) is -0.427. The predicted octanol–water partition coefficient (Wildman–Crippen LogP) is 2.32. The summed E-state index contributed by atoms with van der Waals surface area (Å²) in [6.07, 6.45) is 0.987. The van der Waals surface area contributed by atoms with Crippen LogP contribution in [0.1, 0.15) is 15.9 Å². The maximum Gasteiger partial charge on any atom is 0.306 e. The van der Waals surface area contributed by atoms with Gasteiger partial charge < -0.3 is 18.6 Å². The zero-order chi connectivity index (χ0) is 19.9. The van der Waals surface area contributed by atoms with Crippen molar-refractivity contribution in [1.29, 1.82) is 0 Å². The quantitative estimate of drug-likeness (QED) is 0.608. The first kappa shape index (κ1) is 20.7. The molecule has 0 saturated heterocycles. The Bertz CT molecular complexity index is 847. The molecule has 0 heterocycles. The molecule has 0 spiro atoms. The van der Waals surface area contributed by atoms with Crippen LogP contribution in [-0.4, -0.2) is 52.9 Å². The summed E-state index contributed by atoms with van der Waals surface area (Å²) in [5.74, 6) is 0.772. The van der Waals surface area contributed by atoms with Gasteiger partial charge in [0.25, 0.3) is 5.91 Å². The number of carbonyl (C=O) groups is 1. The Morgan fingerprint density at radius 1 is 0.963 bits per heavy atom. The molecule has 146 valence electrons. The van der Waals surface area contributed by atoms with E-state index >= 15 is 0 Å². The molecule has 1 amide bonds. The number of rotatable bonds is 9. The summed E-state index contributed by atoms with van der Waals surface area (Å²) in [5, 5.41) is 0. The van der Waals surface area contributed by atoms with Crippen molar-refractivity contribution in [3.8, 4) is 11.5 Å². The lowest BCUT2D eigenvalue weighted by atomic mass is 10.1. The van der Waals surface area contributed by atoms with Crippen LogP contribution in [0.4, 0.5) is 0 Å². The van der Waals surface area contributed by atoms with Gasteiger partial charge in [0.15, 0.2) is 0 Å². The minimum Gasteiger partial charge on any atom is -0.497 e. The van der Waals surface area contributed by atoms with E-state index < -0.39 is 10.1 Å². The fourth-order valence-corrected chi connectivity index (χ4v) is 2.88. The van der Waals surface area contributed by atoms with Crippen molar-refractivity contribution in [2.45, 2.75) is 6.54 Å². The van der Waals surface area contributed by atoms with Gasteiger partial charge in [0.2, 0.25) is 0 Å². The molecule has 0 aliphatic carbocycles. The van der Waals surface area contributed by atoms with Gasteiger partial charge in [-0.2, -0.15) is 8.42 Å². The summed E-state index contributed by atoms with van der Waals surface area (Å²) in [6.45, 7) is 1.17. The van der Waals surface area contributed by atoms with Gasteiger partial charge >= 0.3 is 10.1 Å². The Morgan fingerprint density at radius 2 is 1.56 bits per heavy atom. The monoisotopic (exact) mass is 393 g/mol. The van der Waals surface area contributed by atoms with Gasteiger partial charge in [-0.05, 0) is 42.0 Å². The highest BCUT2D eigenvalue weighted by molar-refractivity contribution is 7.86. The second kappa shape index (κ2) is 9.38. The highest BCUT2D eigenvalue weighted by atomic mass is 32.2. The second-order valence-corrected chi connectivity index (χ2v) is 7.45. The number of carbonyl (C=O) groups excluding carboxylic acids is 1. The largest absolute Gasteiger partial charge is 0.497 e. The maximum atomic E-state index is 12.8. The van der Waals surface area contributed by atoms with Crippen LogP contribution in [0.25, 0.3) is 0 Å². The third kappa shape index (κ3) is 6.58. The van der Waals surface area contributed by atoms with Crippen molar-refractivity contribution in [3.05, 3.63) is 59.7 Å². The van der Waals surface area contributed by atoms with E-state index in [2.05, 4.69) is 0 Å². The van der Waals surface area contributed by atoms with Crippen LogP contribution in [0.5, 0.6) is 11.5 Å². The highest BCUT2D eigenvalue weighted by Crippen LogP contribution is 2.18. The van der Waals surface area contributed by atoms with Crippen LogP contribution in [0.15, 0.2) is 48.5 Å². The first-order valence-corrected chi connectivity index (χ1v) is 10.0. The van der Waals surface area contributed by atoms with Crippen molar-refractivity contribution >= 4 is 16.0 Å². The topological polar surface area (TPSA) is 82.1 Å². The molecule has 0 unspecified atom stereocenters. The Labute approximate surface area is 159 Å². The van der Waals surface area contributed by atoms with Crippen LogP contribution in [-0.2, 0) is 21.4 Å². The van der Waals surface area contributed by atoms with Gasteiger partial charge in [-0.3, -0.25) is 4.79 Å². The van der Waals surface area contributed by atoms with Gasteiger partial charge in [-0.1, -0.05) is 12.1 Å². The number of benzene rings is 2. The van der Waals surface area contributed by atoms with Crippen LogP contribution >= 0.6 is 0 Å². The minimum atomic E-state index is -3.57. The van der Waals surface area contributed by atoms with Gasteiger partial charge in [0.05, 0.1) is 20.0 Å². The average molecular weight is 393 g/mol. The van der Waals surface area contributed by atoms with E-state index in [0.717, 1.165) is 11.8 Å². The van der Waals surface area contributed by atoms with Gasteiger partial charge in [0.1, 0.15) is 11.5 Å². The standard InChI is InChI=1S/C19H23NO6S/c1-24-13-12-20(19(21)16-6-10-17(25-2)11-7-16)14-15-4-8-18(9-5-15)26-27(3,22)23/h4-11H,12-14H2,1-3H3. The van der Waals surface area contributed by atoms with Crippen LogP contribution in [0.2, 0.25) is 0 Å². The number of ether oxygens (including phenoxy) is 2. The zero-order valence-electron chi connectivity index (χ0n) is 15.5. The number of methoxy groups -OCH3 is 2. The first-order valence-electron chi connectivity index (χ1n) is 8.23.